The fourth-order valence-corrected chi connectivity index (χ4v) is 15.9. The summed E-state index contributed by atoms with van der Waals surface area (Å²) >= 11 is 24.6. The Bertz CT molecular complexity index is 7090. The summed E-state index contributed by atoms with van der Waals surface area (Å²) in [5.41, 5.74) is 12.8. The van der Waals surface area contributed by atoms with Crippen molar-refractivity contribution in [1.29, 1.82) is 0 Å². The normalized spacial score (nSPS) is 11.5. The topological polar surface area (TPSA) is 507 Å². The zero-order valence-electron chi connectivity index (χ0n) is 69.3. The second-order valence-corrected chi connectivity index (χ2v) is 36.3. The van der Waals surface area contributed by atoms with Crippen molar-refractivity contribution in [1.82, 2.24) is 39.1 Å². The van der Waals surface area contributed by atoms with Crippen LogP contribution in [-0.2, 0) is 97.2 Å². The van der Waals surface area contributed by atoms with Gasteiger partial charge >= 0.3 is 40.5 Å². The number of hydrogen-bond acceptors (Lipinski definition) is 30. The molecule has 0 unspecified atom stereocenters. The van der Waals surface area contributed by atoms with Crippen LogP contribution in [0, 0.1) is 6.92 Å². The lowest BCUT2D eigenvalue weighted by atomic mass is 10.0. The highest BCUT2D eigenvalue weighted by Gasteiger charge is 2.25. The number of benzene rings is 12. The molecule has 0 spiro atoms. The van der Waals surface area contributed by atoms with E-state index < -0.39 is 40.5 Å². The molecule has 0 aliphatic rings. The standard InChI is InChI=1S/C24H23N3O6S.C23H20ClN3O6S.C22H17Cl2N3O5S.C22H18ClN3O5S/c1-16-12-17(6-7-18(16)14-28)22-13-19(15-32-24-5-3-2-4-23(24)29)26-27(22)20-8-10-21(11-9-20)34(30,31)33-25;24-20-11-15(5-6-16(20)13-28)21-12-17(14-32-23-4-2-1-3-22(23)29)26-27(21)18-7-9-19(10-8-18)34(30,31)33-25;23-18-10-5-14(11-19(18)24)20-12-15(13-31-22-4-2-1-3-21(22)28)26-27(20)16-6-8-17(9-7-16)33(29,30)32-25;23-16-7-5-15(6-8-16)20-13-17(14-30-22-4-2-1-3-21(22)27)25-26(20)18-9-11-19(12-10-18)32(28,29)31-24/h2-13,28-29H,14-15,25H2,1H3;1-12,28-29H,13-14,25H2;1-12,28H,13,25H2;1-13,27H,14,24H2. The van der Waals surface area contributed by atoms with Gasteiger partial charge in [0.15, 0.2) is 46.0 Å². The van der Waals surface area contributed by atoms with Gasteiger partial charge < -0.3 is 49.6 Å². The van der Waals surface area contributed by atoms with Crippen LogP contribution in [0.3, 0.4) is 0 Å². The van der Waals surface area contributed by atoms with E-state index in [1.807, 2.05) is 49.4 Å². The van der Waals surface area contributed by atoms with Crippen LogP contribution in [-0.4, -0.2) is 103 Å². The minimum Gasteiger partial charge on any atom is -0.504 e. The molecule has 0 saturated carbocycles. The van der Waals surface area contributed by atoms with Gasteiger partial charge in [-0.25, -0.2) is 18.7 Å². The van der Waals surface area contributed by atoms with Crippen molar-refractivity contribution in [2.75, 3.05) is 0 Å². The predicted molar refractivity (Wildman–Crippen MR) is 492 cm³/mol. The van der Waals surface area contributed by atoms with E-state index in [0.717, 1.165) is 39.2 Å². The number of phenols is 4. The predicted octanol–water partition coefficient (Wildman–Crippen LogP) is 15.5. The second kappa shape index (κ2) is 43.2. The van der Waals surface area contributed by atoms with Gasteiger partial charge in [-0.1, -0.05) is 137 Å². The number of para-hydroxylation sites is 8. The van der Waals surface area contributed by atoms with Gasteiger partial charge in [0.25, 0.3) is 0 Å². The van der Waals surface area contributed by atoms with Crippen molar-refractivity contribution in [2.45, 2.75) is 66.1 Å². The fraction of sp³-hybridized carbons (Fsp3) is 0.0769. The smallest absolute Gasteiger partial charge is 0.312 e. The number of halogens is 4. The van der Waals surface area contributed by atoms with Crippen LogP contribution in [0.4, 0.5) is 0 Å². The summed E-state index contributed by atoms with van der Waals surface area (Å²) in [6.07, 6.45) is 0. The number of ether oxygens (including phenoxy) is 4. The summed E-state index contributed by atoms with van der Waals surface area (Å²) in [4.78, 5) is -0.364. The first-order chi connectivity index (χ1) is 63.8. The monoisotopic (exact) mass is 1960 g/mol. The minimum absolute atomic E-state index is 0.00690. The van der Waals surface area contributed by atoms with Gasteiger partial charge in [0.05, 0.1) is 88.4 Å². The molecule has 0 atom stereocenters. The lowest BCUT2D eigenvalue weighted by Crippen LogP contribution is -2.11. The maximum Gasteiger partial charge on any atom is 0.312 e. The molecule has 0 fully saturated rings. The van der Waals surface area contributed by atoms with Gasteiger partial charge in [-0.15, -0.1) is 0 Å². The highest BCUT2D eigenvalue weighted by Crippen LogP contribution is 2.38. The average Bonchev–Trinajstić information content (AvgIpc) is 1.67. The van der Waals surface area contributed by atoms with E-state index in [1.165, 1.54) is 72.8 Å². The highest BCUT2D eigenvalue weighted by atomic mass is 35.5. The van der Waals surface area contributed by atoms with Gasteiger partial charge in [-0.2, -0.15) is 94.8 Å². The molecule has 0 aliphatic carbocycles. The molecule has 0 aliphatic heterocycles. The number of rotatable bonds is 30. The van der Waals surface area contributed by atoms with Crippen molar-refractivity contribution >= 4 is 86.9 Å². The van der Waals surface area contributed by atoms with Gasteiger partial charge in [-0.05, 0) is 230 Å². The molecule has 34 nitrogen and oxygen atoms in total. The molecule has 686 valence electrons. The Morgan fingerprint density at radius 3 is 0.812 bits per heavy atom. The SMILES string of the molecule is Cc1cc(-c2cc(COc3ccccc3O)nn2-c2ccc(S(=O)(=O)ON)cc2)ccc1CO.NOS(=O)(=O)c1ccc(-n2nc(COc3ccccc3O)cc2-c2ccc(CO)c(Cl)c2)cc1.NOS(=O)(=O)c1ccc(-n2nc(COc3ccccc3O)cc2-c2ccc(Cl)c(Cl)c2)cc1.NOS(=O)(=O)c1ccc(-n2nc(COc3ccccc3O)cc2-c2ccc(Cl)cc2)cc1. The first-order valence-electron chi connectivity index (χ1n) is 39.1. The number of aromatic hydroxyl groups is 4. The van der Waals surface area contributed by atoms with Crippen molar-refractivity contribution in [3.63, 3.8) is 0 Å². The van der Waals surface area contributed by atoms with Crippen LogP contribution in [0.15, 0.2) is 317 Å². The molecule has 42 heteroatoms. The Hall–Kier alpha value is -13.6. The zero-order valence-corrected chi connectivity index (χ0v) is 75.6. The van der Waals surface area contributed by atoms with Crippen LogP contribution in [0.25, 0.3) is 67.8 Å². The number of aliphatic hydroxyl groups excluding tert-OH is 2. The molecule has 0 saturated heterocycles. The lowest BCUT2D eigenvalue weighted by molar-refractivity contribution is 0.281. The Morgan fingerprint density at radius 1 is 0.293 bits per heavy atom. The van der Waals surface area contributed by atoms with Crippen LogP contribution >= 0.6 is 46.4 Å². The third-order valence-electron chi connectivity index (χ3n) is 19.7. The minimum atomic E-state index is -4.05. The van der Waals surface area contributed by atoms with E-state index in [2.05, 4.69) is 37.5 Å². The van der Waals surface area contributed by atoms with Gasteiger partial charge in [0, 0.05) is 32.3 Å². The summed E-state index contributed by atoms with van der Waals surface area (Å²) in [7, 11) is -16.1. The molecule has 16 aromatic rings. The molecule has 0 amide bonds. The van der Waals surface area contributed by atoms with Crippen molar-refractivity contribution < 1.29 is 100 Å². The average molecular weight is 1960 g/mol. The molecule has 16 rings (SSSR count). The van der Waals surface area contributed by atoms with E-state index in [9.17, 15) is 64.3 Å². The van der Waals surface area contributed by atoms with E-state index in [4.69, 9.17) is 88.9 Å². The van der Waals surface area contributed by atoms with Crippen molar-refractivity contribution in [3.05, 3.63) is 357 Å². The van der Waals surface area contributed by atoms with Crippen LogP contribution in [0.2, 0.25) is 20.1 Å². The lowest BCUT2D eigenvalue weighted by Gasteiger charge is -2.10. The number of nitrogens with zero attached hydrogens (tertiary/aromatic N) is 8. The van der Waals surface area contributed by atoms with Crippen LogP contribution < -0.4 is 42.5 Å². The first-order valence-corrected chi connectivity index (χ1v) is 46.2. The number of aliphatic hydroxyl groups is 2. The van der Waals surface area contributed by atoms with Crippen LogP contribution in [0.1, 0.15) is 39.5 Å². The third kappa shape index (κ3) is 23.9. The molecule has 0 radical (unpaired) electrons. The van der Waals surface area contributed by atoms with E-state index in [-0.39, 0.29) is 82.2 Å². The van der Waals surface area contributed by atoms with Gasteiger partial charge in [0.2, 0.25) is 0 Å². The Kier molecular flexibility index (Phi) is 31.5. The van der Waals surface area contributed by atoms with Gasteiger partial charge in [-0.3, -0.25) is 0 Å². The van der Waals surface area contributed by atoms with Crippen LogP contribution in [0.5, 0.6) is 46.0 Å². The first kappa shape index (κ1) is 97.0. The molecular formula is C91H78Cl4N12O22S4. The number of hydrogen-bond donors (Lipinski definition) is 10. The molecule has 0 bridgehead atoms. The molecule has 133 heavy (non-hydrogen) atoms. The maximum absolute atomic E-state index is 11.9. The molecule has 4 heterocycles. The molecular weight excluding hydrogens is 1880 g/mol. The Balaban J connectivity index is 0.000000151. The fourth-order valence-electron chi connectivity index (χ4n) is 12.9. The van der Waals surface area contributed by atoms with E-state index in [1.54, 1.807) is 201 Å². The number of aromatic nitrogens is 8. The maximum atomic E-state index is 11.9. The van der Waals surface area contributed by atoms with Crippen molar-refractivity contribution in [3.8, 4) is 114 Å². The second-order valence-electron chi connectivity index (χ2n) is 28.3. The number of aryl methyl sites for hydroxylation is 1. The van der Waals surface area contributed by atoms with Crippen molar-refractivity contribution in [2.24, 2.45) is 23.6 Å². The Labute approximate surface area is 781 Å². The third-order valence-corrected chi connectivity index (χ3v) is 25.4. The zero-order chi connectivity index (χ0) is 94.9. The van der Waals surface area contributed by atoms with E-state index in [0.29, 0.717) is 111 Å². The summed E-state index contributed by atoms with van der Waals surface area (Å²) < 4.78 is 140. The molecule has 4 aromatic heterocycles. The van der Waals surface area contributed by atoms with Gasteiger partial charge in [0.1, 0.15) is 49.2 Å². The molecule has 14 N–H and O–H groups in total. The summed E-state index contributed by atoms with van der Waals surface area (Å²) in [5, 5.41) is 78.9. The van der Waals surface area contributed by atoms with E-state index >= 15 is 0 Å². The number of nitrogens with two attached hydrogens (primary N) is 4. The highest BCUT2D eigenvalue weighted by molar-refractivity contribution is 7.87. The summed E-state index contributed by atoms with van der Waals surface area (Å²) in [6.45, 7) is 1.99. The Morgan fingerprint density at radius 2 is 0.549 bits per heavy atom. The summed E-state index contributed by atoms with van der Waals surface area (Å²) in [5.74, 6) is 20.8. The quantitative estimate of drug-likeness (QED) is 0.0187. The molecule has 12 aromatic carbocycles. The summed E-state index contributed by atoms with van der Waals surface area (Å²) in [6, 6.07) is 80.5. The number of phenolic OH excluding ortho intramolecular Hbond substituents is 4. The largest absolute Gasteiger partial charge is 0.504 e.